The summed E-state index contributed by atoms with van der Waals surface area (Å²) in [7, 11) is 0. The van der Waals surface area contributed by atoms with Crippen LogP contribution in [0.4, 0.5) is 0 Å². The van der Waals surface area contributed by atoms with Gasteiger partial charge < -0.3 is 0 Å². The van der Waals surface area contributed by atoms with Crippen LogP contribution in [-0.4, -0.2) is 18.0 Å². The SMILES string of the molecule is CCN(CC)C1(c2ccccc2)CC=CC1. The summed E-state index contributed by atoms with van der Waals surface area (Å²) in [5, 5.41) is 0. The highest BCUT2D eigenvalue weighted by molar-refractivity contribution is 5.29. The molecule has 0 heterocycles. The molecule has 0 amide bonds. The lowest BCUT2D eigenvalue weighted by molar-refractivity contribution is 0.109. The van der Waals surface area contributed by atoms with Gasteiger partial charge in [0.05, 0.1) is 5.54 Å². The average molecular weight is 215 g/mol. The van der Waals surface area contributed by atoms with Crippen LogP contribution in [0.25, 0.3) is 0 Å². The molecule has 0 aliphatic heterocycles. The van der Waals surface area contributed by atoms with Crippen molar-refractivity contribution in [2.45, 2.75) is 32.2 Å². The van der Waals surface area contributed by atoms with Gasteiger partial charge >= 0.3 is 0 Å². The molecule has 0 fully saturated rings. The third kappa shape index (κ3) is 1.80. The maximum atomic E-state index is 2.59. The number of hydrogen-bond donors (Lipinski definition) is 0. The van der Waals surface area contributed by atoms with Crippen molar-refractivity contribution in [3.05, 3.63) is 48.0 Å². The summed E-state index contributed by atoms with van der Waals surface area (Å²) in [6.45, 7) is 6.75. The molecule has 0 atom stereocenters. The van der Waals surface area contributed by atoms with Gasteiger partial charge in [0.1, 0.15) is 0 Å². The van der Waals surface area contributed by atoms with E-state index in [1.54, 1.807) is 0 Å². The van der Waals surface area contributed by atoms with Crippen LogP contribution in [0.2, 0.25) is 0 Å². The molecule has 0 unspecified atom stereocenters. The summed E-state index contributed by atoms with van der Waals surface area (Å²) < 4.78 is 0. The van der Waals surface area contributed by atoms with E-state index in [0.717, 1.165) is 25.9 Å². The highest BCUT2D eigenvalue weighted by Crippen LogP contribution is 2.39. The highest BCUT2D eigenvalue weighted by atomic mass is 15.2. The molecule has 0 saturated carbocycles. The smallest absolute Gasteiger partial charge is 0.0529 e. The Labute approximate surface area is 98.8 Å². The summed E-state index contributed by atoms with van der Waals surface area (Å²) in [5.74, 6) is 0. The minimum Gasteiger partial charge on any atom is -0.294 e. The first-order chi connectivity index (χ1) is 7.83. The summed E-state index contributed by atoms with van der Waals surface area (Å²) in [4.78, 5) is 2.59. The molecule has 86 valence electrons. The van der Waals surface area contributed by atoms with E-state index in [2.05, 4.69) is 61.2 Å². The van der Waals surface area contributed by atoms with Crippen molar-refractivity contribution in [2.75, 3.05) is 13.1 Å². The van der Waals surface area contributed by atoms with E-state index >= 15 is 0 Å². The summed E-state index contributed by atoms with van der Waals surface area (Å²) >= 11 is 0. The van der Waals surface area contributed by atoms with Crippen LogP contribution in [0.15, 0.2) is 42.5 Å². The zero-order valence-electron chi connectivity index (χ0n) is 10.3. The molecule has 0 bridgehead atoms. The van der Waals surface area contributed by atoms with E-state index in [4.69, 9.17) is 0 Å². The second kappa shape index (κ2) is 4.84. The molecule has 1 aliphatic carbocycles. The van der Waals surface area contributed by atoms with Crippen molar-refractivity contribution in [1.29, 1.82) is 0 Å². The number of rotatable bonds is 4. The van der Waals surface area contributed by atoms with Gasteiger partial charge in [-0.2, -0.15) is 0 Å². The van der Waals surface area contributed by atoms with Gasteiger partial charge in [-0.15, -0.1) is 0 Å². The normalized spacial score (nSPS) is 18.2. The first-order valence-electron chi connectivity index (χ1n) is 6.29. The number of hydrogen-bond acceptors (Lipinski definition) is 1. The molecule has 0 radical (unpaired) electrons. The van der Waals surface area contributed by atoms with Gasteiger partial charge in [-0.1, -0.05) is 56.3 Å². The van der Waals surface area contributed by atoms with Gasteiger partial charge in [0.25, 0.3) is 0 Å². The van der Waals surface area contributed by atoms with Crippen LogP contribution in [0.3, 0.4) is 0 Å². The molecule has 2 rings (SSSR count). The number of nitrogens with zero attached hydrogens (tertiary/aromatic N) is 1. The second-order valence-electron chi connectivity index (χ2n) is 4.45. The van der Waals surface area contributed by atoms with Crippen LogP contribution in [-0.2, 0) is 5.54 Å². The molecule has 0 N–H and O–H groups in total. The lowest BCUT2D eigenvalue weighted by Crippen LogP contribution is -2.44. The monoisotopic (exact) mass is 215 g/mol. The van der Waals surface area contributed by atoms with E-state index < -0.39 is 0 Å². The highest BCUT2D eigenvalue weighted by Gasteiger charge is 2.37. The van der Waals surface area contributed by atoms with E-state index in [1.165, 1.54) is 5.56 Å². The Balaban J connectivity index is 2.36. The summed E-state index contributed by atoms with van der Waals surface area (Å²) in [5.41, 5.74) is 1.69. The fraction of sp³-hybridized carbons (Fsp3) is 0.467. The molecule has 1 heteroatoms. The third-order valence-corrected chi connectivity index (χ3v) is 3.76. The molecule has 0 aromatic heterocycles. The predicted octanol–water partition coefficient (Wildman–Crippen LogP) is 3.57. The third-order valence-electron chi connectivity index (χ3n) is 3.76. The van der Waals surface area contributed by atoms with Crippen molar-refractivity contribution in [3.8, 4) is 0 Å². The largest absolute Gasteiger partial charge is 0.294 e. The molecule has 1 nitrogen and oxygen atoms in total. The molecular formula is C15H21N. The van der Waals surface area contributed by atoms with Crippen LogP contribution in [0.5, 0.6) is 0 Å². The Morgan fingerprint density at radius 3 is 2.06 bits per heavy atom. The molecule has 0 saturated heterocycles. The summed E-state index contributed by atoms with van der Waals surface area (Å²) in [6.07, 6.45) is 6.95. The molecule has 16 heavy (non-hydrogen) atoms. The minimum atomic E-state index is 0.227. The molecule has 1 aliphatic rings. The Morgan fingerprint density at radius 2 is 1.56 bits per heavy atom. The van der Waals surface area contributed by atoms with E-state index in [-0.39, 0.29) is 5.54 Å². The molecule has 0 spiro atoms. The quantitative estimate of drug-likeness (QED) is 0.694. The number of benzene rings is 1. The lowest BCUT2D eigenvalue weighted by atomic mass is 9.85. The molecule has 1 aromatic carbocycles. The van der Waals surface area contributed by atoms with Gasteiger partial charge in [0, 0.05) is 0 Å². The average Bonchev–Trinajstić information content (AvgIpc) is 2.82. The first kappa shape index (κ1) is 11.4. The van der Waals surface area contributed by atoms with Crippen molar-refractivity contribution < 1.29 is 0 Å². The second-order valence-corrected chi connectivity index (χ2v) is 4.45. The van der Waals surface area contributed by atoms with Crippen LogP contribution >= 0.6 is 0 Å². The zero-order chi connectivity index (χ0) is 11.4. The van der Waals surface area contributed by atoms with E-state index in [0.29, 0.717) is 0 Å². The minimum absolute atomic E-state index is 0.227. The fourth-order valence-electron chi connectivity index (χ4n) is 2.89. The predicted molar refractivity (Wildman–Crippen MR) is 69.4 cm³/mol. The molecular weight excluding hydrogens is 194 g/mol. The van der Waals surface area contributed by atoms with E-state index in [1.807, 2.05) is 0 Å². The van der Waals surface area contributed by atoms with Crippen LogP contribution < -0.4 is 0 Å². The first-order valence-corrected chi connectivity index (χ1v) is 6.29. The van der Waals surface area contributed by atoms with Gasteiger partial charge in [-0.25, -0.2) is 0 Å². The Morgan fingerprint density at radius 1 is 1.00 bits per heavy atom. The van der Waals surface area contributed by atoms with Crippen molar-refractivity contribution in [1.82, 2.24) is 4.90 Å². The van der Waals surface area contributed by atoms with Gasteiger partial charge in [-0.05, 0) is 31.5 Å². The van der Waals surface area contributed by atoms with Gasteiger partial charge in [0.2, 0.25) is 0 Å². The topological polar surface area (TPSA) is 3.24 Å². The lowest BCUT2D eigenvalue weighted by Gasteiger charge is -2.41. The summed E-state index contributed by atoms with van der Waals surface area (Å²) in [6, 6.07) is 10.9. The van der Waals surface area contributed by atoms with Gasteiger partial charge in [-0.3, -0.25) is 4.90 Å². The van der Waals surface area contributed by atoms with Crippen molar-refractivity contribution in [2.24, 2.45) is 0 Å². The Bertz CT molecular complexity index is 341. The molecule has 1 aromatic rings. The zero-order valence-corrected chi connectivity index (χ0v) is 10.3. The van der Waals surface area contributed by atoms with Crippen LogP contribution in [0.1, 0.15) is 32.3 Å². The van der Waals surface area contributed by atoms with E-state index in [9.17, 15) is 0 Å². The maximum absolute atomic E-state index is 2.59. The Kier molecular flexibility index (Phi) is 3.45. The standard InChI is InChI=1S/C15H21N/c1-3-16(4-2)15(12-8-9-13-15)14-10-6-5-7-11-14/h5-11H,3-4,12-13H2,1-2H3. The fourth-order valence-corrected chi connectivity index (χ4v) is 2.89. The maximum Gasteiger partial charge on any atom is 0.0529 e. The Hall–Kier alpha value is -1.08. The van der Waals surface area contributed by atoms with Crippen molar-refractivity contribution >= 4 is 0 Å². The van der Waals surface area contributed by atoms with Gasteiger partial charge in [0.15, 0.2) is 0 Å². The van der Waals surface area contributed by atoms with Crippen molar-refractivity contribution in [3.63, 3.8) is 0 Å². The van der Waals surface area contributed by atoms with Crippen LogP contribution in [0, 0.1) is 0 Å².